The molecular weight excluding hydrogens is 163 g/mol. The molecule has 0 aromatic carbocycles. The fourth-order valence-electron chi connectivity index (χ4n) is 1.42. The molecule has 0 radical (unpaired) electrons. The van der Waals surface area contributed by atoms with E-state index in [0.717, 1.165) is 20.2 Å². The second kappa shape index (κ2) is 5.54. The lowest BCUT2D eigenvalue weighted by molar-refractivity contribution is 0.791. The zero-order valence-corrected chi connectivity index (χ0v) is 9.09. The summed E-state index contributed by atoms with van der Waals surface area (Å²) in [5.74, 6) is 0.736. The second-order valence-electron chi connectivity index (χ2n) is 3.44. The van der Waals surface area contributed by atoms with Crippen LogP contribution in [0.15, 0.2) is 24.3 Å². The van der Waals surface area contributed by atoms with Gasteiger partial charge in [-0.1, -0.05) is 44.6 Å². The minimum Gasteiger partial charge on any atom is -0.118 e. The second-order valence-corrected chi connectivity index (χ2v) is 5.26. The number of hydrogen-bond acceptors (Lipinski definition) is 0. The first-order valence-corrected chi connectivity index (χ1v) is 6.21. The molecular formula is C11H19P. The van der Waals surface area contributed by atoms with Gasteiger partial charge in [-0.2, -0.15) is 0 Å². The Morgan fingerprint density at radius 1 is 1.33 bits per heavy atom. The standard InChI is InChI=1S/C11H19P/c1-3-4-9-12-10(2)11-7-5-6-8-11/h5-8,10-12H,3-4,9H2,1-2H3. The molecule has 0 heterocycles. The Morgan fingerprint density at radius 2 is 2.00 bits per heavy atom. The van der Waals surface area contributed by atoms with Crippen LogP contribution in [0.1, 0.15) is 26.7 Å². The third-order valence-electron chi connectivity index (χ3n) is 2.35. The lowest BCUT2D eigenvalue weighted by Crippen LogP contribution is -2.06. The summed E-state index contributed by atoms with van der Waals surface area (Å²) < 4.78 is 0. The van der Waals surface area contributed by atoms with Crippen molar-refractivity contribution in [3.05, 3.63) is 24.3 Å². The SMILES string of the molecule is CCCCPC(C)C1C=CC=C1. The summed E-state index contributed by atoms with van der Waals surface area (Å²) in [4.78, 5) is 0. The molecule has 1 aliphatic carbocycles. The predicted octanol–water partition coefficient (Wildman–Crippen LogP) is 3.60. The van der Waals surface area contributed by atoms with Crippen molar-refractivity contribution in [1.29, 1.82) is 0 Å². The van der Waals surface area contributed by atoms with Gasteiger partial charge in [0.15, 0.2) is 0 Å². The van der Waals surface area contributed by atoms with Crippen molar-refractivity contribution in [2.45, 2.75) is 32.3 Å². The number of allylic oxidation sites excluding steroid dienone is 4. The largest absolute Gasteiger partial charge is 0.118 e. The van der Waals surface area contributed by atoms with Gasteiger partial charge in [-0.3, -0.25) is 0 Å². The van der Waals surface area contributed by atoms with E-state index in [1.807, 2.05) is 0 Å². The van der Waals surface area contributed by atoms with Crippen LogP contribution in [-0.4, -0.2) is 11.8 Å². The zero-order chi connectivity index (χ0) is 8.81. The van der Waals surface area contributed by atoms with Crippen molar-refractivity contribution in [1.82, 2.24) is 0 Å². The summed E-state index contributed by atoms with van der Waals surface area (Å²) in [6.07, 6.45) is 13.2. The smallest absolute Gasteiger partial charge is 0.00153 e. The van der Waals surface area contributed by atoms with Crippen LogP contribution >= 0.6 is 8.58 Å². The molecule has 0 N–H and O–H groups in total. The van der Waals surface area contributed by atoms with E-state index in [1.54, 1.807) is 0 Å². The highest BCUT2D eigenvalue weighted by atomic mass is 31.1. The van der Waals surface area contributed by atoms with Crippen LogP contribution < -0.4 is 0 Å². The van der Waals surface area contributed by atoms with Gasteiger partial charge in [0, 0.05) is 5.92 Å². The quantitative estimate of drug-likeness (QED) is 0.450. The van der Waals surface area contributed by atoms with Crippen LogP contribution in [0.4, 0.5) is 0 Å². The number of unbranched alkanes of at least 4 members (excludes halogenated alkanes) is 1. The fourth-order valence-corrected chi connectivity index (χ4v) is 2.93. The highest BCUT2D eigenvalue weighted by molar-refractivity contribution is 7.38. The summed E-state index contributed by atoms with van der Waals surface area (Å²) in [6, 6.07) is 0. The first kappa shape index (κ1) is 9.99. The van der Waals surface area contributed by atoms with E-state index in [9.17, 15) is 0 Å². The number of rotatable bonds is 5. The van der Waals surface area contributed by atoms with Crippen molar-refractivity contribution in [3.8, 4) is 0 Å². The van der Waals surface area contributed by atoms with E-state index >= 15 is 0 Å². The first-order valence-electron chi connectivity index (χ1n) is 4.93. The molecule has 0 aromatic heterocycles. The van der Waals surface area contributed by atoms with Crippen LogP contribution in [0.25, 0.3) is 0 Å². The molecule has 1 rings (SSSR count). The van der Waals surface area contributed by atoms with Crippen molar-refractivity contribution < 1.29 is 0 Å². The normalized spacial score (nSPS) is 19.8. The highest BCUT2D eigenvalue weighted by Crippen LogP contribution is 2.30. The average Bonchev–Trinajstić information content (AvgIpc) is 2.56. The summed E-state index contributed by atoms with van der Waals surface area (Å²) >= 11 is 0. The maximum Gasteiger partial charge on any atom is 0.00153 e. The van der Waals surface area contributed by atoms with Crippen molar-refractivity contribution in [3.63, 3.8) is 0 Å². The molecule has 0 aliphatic heterocycles. The van der Waals surface area contributed by atoms with E-state index in [1.165, 1.54) is 19.0 Å². The molecule has 0 aromatic rings. The van der Waals surface area contributed by atoms with Crippen LogP contribution in [0, 0.1) is 5.92 Å². The van der Waals surface area contributed by atoms with Gasteiger partial charge in [-0.25, -0.2) is 0 Å². The Balaban J connectivity index is 2.15. The van der Waals surface area contributed by atoms with E-state index < -0.39 is 0 Å². The average molecular weight is 182 g/mol. The van der Waals surface area contributed by atoms with E-state index in [4.69, 9.17) is 0 Å². The van der Waals surface area contributed by atoms with E-state index in [-0.39, 0.29) is 0 Å². The van der Waals surface area contributed by atoms with Gasteiger partial charge in [0.2, 0.25) is 0 Å². The minimum absolute atomic E-state index is 0.736. The molecule has 0 bridgehead atoms. The Bertz CT molecular complexity index is 158. The predicted molar refractivity (Wildman–Crippen MR) is 59.3 cm³/mol. The molecule has 0 fully saturated rings. The van der Waals surface area contributed by atoms with Gasteiger partial charge >= 0.3 is 0 Å². The Morgan fingerprint density at radius 3 is 2.58 bits per heavy atom. The molecule has 0 amide bonds. The van der Waals surface area contributed by atoms with E-state index in [0.29, 0.717) is 0 Å². The van der Waals surface area contributed by atoms with Gasteiger partial charge in [0.1, 0.15) is 0 Å². The molecule has 0 saturated heterocycles. The van der Waals surface area contributed by atoms with Crippen LogP contribution in [0.2, 0.25) is 0 Å². The monoisotopic (exact) mass is 182 g/mol. The first-order chi connectivity index (χ1) is 5.84. The highest BCUT2D eigenvalue weighted by Gasteiger charge is 2.12. The number of hydrogen-bond donors (Lipinski definition) is 0. The molecule has 1 aliphatic rings. The molecule has 2 unspecified atom stereocenters. The summed E-state index contributed by atoms with van der Waals surface area (Å²) in [5.41, 5.74) is 0.867. The lowest BCUT2D eigenvalue weighted by Gasteiger charge is -2.15. The third-order valence-corrected chi connectivity index (χ3v) is 4.02. The maximum absolute atomic E-state index is 2.37. The molecule has 0 spiro atoms. The van der Waals surface area contributed by atoms with Gasteiger partial charge in [0.25, 0.3) is 0 Å². The summed E-state index contributed by atoms with van der Waals surface area (Å²) in [6.45, 7) is 4.64. The van der Waals surface area contributed by atoms with Gasteiger partial charge in [-0.15, -0.1) is 8.58 Å². The molecule has 68 valence electrons. The molecule has 2 atom stereocenters. The molecule has 12 heavy (non-hydrogen) atoms. The minimum atomic E-state index is 0.736. The van der Waals surface area contributed by atoms with Crippen molar-refractivity contribution in [2.75, 3.05) is 6.16 Å². The maximum atomic E-state index is 2.37. The summed E-state index contributed by atoms with van der Waals surface area (Å²) in [7, 11) is 1.14. The van der Waals surface area contributed by atoms with Crippen molar-refractivity contribution >= 4 is 8.58 Å². The van der Waals surface area contributed by atoms with Crippen LogP contribution in [-0.2, 0) is 0 Å². The van der Waals surface area contributed by atoms with Crippen LogP contribution in [0.3, 0.4) is 0 Å². The lowest BCUT2D eigenvalue weighted by atomic mass is 10.1. The van der Waals surface area contributed by atoms with Crippen LogP contribution in [0.5, 0.6) is 0 Å². The third kappa shape index (κ3) is 3.11. The Labute approximate surface area is 77.9 Å². The Kier molecular flexibility index (Phi) is 4.61. The Hall–Kier alpha value is -0.0900. The van der Waals surface area contributed by atoms with E-state index in [2.05, 4.69) is 38.2 Å². The topological polar surface area (TPSA) is 0 Å². The molecule has 1 heteroatoms. The van der Waals surface area contributed by atoms with Gasteiger partial charge in [0.05, 0.1) is 0 Å². The van der Waals surface area contributed by atoms with Gasteiger partial charge < -0.3 is 0 Å². The fraction of sp³-hybridized carbons (Fsp3) is 0.636. The summed E-state index contributed by atoms with van der Waals surface area (Å²) in [5, 5.41) is 0. The molecule has 0 saturated carbocycles. The van der Waals surface area contributed by atoms with Gasteiger partial charge in [-0.05, 0) is 18.2 Å². The zero-order valence-electron chi connectivity index (χ0n) is 8.09. The molecule has 0 nitrogen and oxygen atoms in total. The van der Waals surface area contributed by atoms with Crippen molar-refractivity contribution in [2.24, 2.45) is 5.92 Å².